The molecule has 0 radical (unpaired) electrons. The van der Waals surface area contributed by atoms with E-state index < -0.39 is 0 Å². The third-order valence-corrected chi connectivity index (χ3v) is 2.96. The van der Waals surface area contributed by atoms with Gasteiger partial charge in [0.2, 0.25) is 0 Å². The maximum Gasteiger partial charge on any atom is 0.126 e. The number of rotatable bonds is 5. The molecule has 1 atom stereocenters. The minimum atomic E-state index is 0.496. The molecule has 0 spiro atoms. The van der Waals surface area contributed by atoms with E-state index in [4.69, 9.17) is 5.73 Å². The van der Waals surface area contributed by atoms with Crippen LogP contribution in [0.3, 0.4) is 0 Å². The van der Waals surface area contributed by atoms with Crippen LogP contribution in [-0.2, 0) is 0 Å². The Labute approximate surface area is 98.7 Å². The van der Waals surface area contributed by atoms with Crippen LogP contribution in [0.5, 0.6) is 0 Å². The first-order valence-corrected chi connectivity index (χ1v) is 5.87. The van der Waals surface area contributed by atoms with Crippen molar-refractivity contribution < 1.29 is 0 Å². The Morgan fingerprint density at radius 2 is 2.06 bits per heavy atom. The first-order chi connectivity index (χ1) is 7.52. The standard InChI is InChI=1S/C13H23N3/c1-10(2)11(7-9-16(3)4)12-6-5-8-15-13(12)14/h5-6,8,10-11H,7,9H2,1-4H3,(H2,14,15)/t11-/m0/s1. The summed E-state index contributed by atoms with van der Waals surface area (Å²) in [6, 6.07) is 4.07. The van der Waals surface area contributed by atoms with Gasteiger partial charge < -0.3 is 10.6 Å². The number of hydrogen-bond donors (Lipinski definition) is 1. The molecule has 16 heavy (non-hydrogen) atoms. The quantitative estimate of drug-likeness (QED) is 0.830. The zero-order chi connectivity index (χ0) is 12.1. The SMILES string of the molecule is CC(C)[C@H](CCN(C)C)c1cccnc1N. The normalized spacial score (nSPS) is 13.4. The summed E-state index contributed by atoms with van der Waals surface area (Å²) >= 11 is 0. The minimum Gasteiger partial charge on any atom is -0.383 e. The van der Waals surface area contributed by atoms with Gasteiger partial charge in [0.05, 0.1) is 0 Å². The second-order valence-corrected chi connectivity index (χ2v) is 4.92. The minimum absolute atomic E-state index is 0.496. The molecular formula is C13H23N3. The first-order valence-electron chi connectivity index (χ1n) is 5.87. The summed E-state index contributed by atoms with van der Waals surface area (Å²) in [5.41, 5.74) is 7.13. The number of nitrogen functional groups attached to an aromatic ring is 1. The summed E-state index contributed by atoms with van der Waals surface area (Å²) in [5.74, 6) is 1.77. The predicted octanol–water partition coefficient (Wildman–Crippen LogP) is 2.36. The van der Waals surface area contributed by atoms with Gasteiger partial charge in [0.1, 0.15) is 5.82 Å². The molecule has 3 heteroatoms. The molecule has 3 nitrogen and oxygen atoms in total. The van der Waals surface area contributed by atoms with E-state index in [0.717, 1.165) is 13.0 Å². The topological polar surface area (TPSA) is 42.2 Å². The van der Waals surface area contributed by atoms with E-state index >= 15 is 0 Å². The average molecular weight is 221 g/mol. The van der Waals surface area contributed by atoms with Crippen LogP contribution in [0, 0.1) is 5.92 Å². The maximum absolute atomic E-state index is 5.94. The second-order valence-electron chi connectivity index (χ2n) is 4.92. The fraction of sp³-hybridized carbons (Fsp3) is 0.615. The molecule has 0 aliphatic carbocycles. The van der Waals surface area contributed by atoms with Crippen LogP contribution in [0.2, 0.25) is 0 Å². The number of anilines is 1. The molecule has 90 valence electrons. The summed E-state index contributed by atoms with van der Waals surface area (Å²) in [4.78, 5) is 6.38. The third-order valence-electron chi connectivity index (χ3n) is 2.96. The van der Waals surface area contributed by atoms with E-state index in [1.165, 1.54) is 5.56 Å². The molecule has 1 rings (SSSR count). The van der Waals surface area contributed by atoms with Gasteiger partial charge in [-0.15, -0.1) is 0 Å². The van der Waals surface area contributed by atoms with Gasteiger partial charge in [0, 0.05) is 6.20 Å². The molecule has 0 saturated heterocycles. The van der Waals surface area contributed by atoms with E-state index in [0.29, 0.717) is 17.7 Å². The van der Waals surface area contributed by atoms with E-state index in [1.54, 1.807) is 6.20 Å². The molecule has 2 N–H and O–H groups in total. The maximum atomic E-state index is 5.94. The molecule has 1 aromatic heterocycles. The second kappa shape index (κ2) is 5.85. The highest BCUT2D eigenvalue weighted by molar-refractivity contribution is 5.41. The van der Waals surface area contributed by atoms with Crippen molar-refractivity contribution in [2.75, 3.05) is 26.4 Å². The lowest BCUT2D eigenvalue weighted by molar-refractivity contribution is 0.352. The monoisotopic (exact) mass is 221 g/mol. The summed E-state index contributed by atoms with van der Waals surface area (Å²) in [5, 5.41) is 0. The number of nitrogens with zero attached hydrogens (tertiary/aromatic N) is 2. The van der Waals surface area contributed by atoms with Crippen molar-refractivity contribution in [1.82, 2.24) is 9.88 Å². The molecule has 0 aliphatic rings. The highest BCUT2D eigenvalue weighted by atomic mass is 15.0. The van der Waals surface area contributed by atoms with Crippen LogP contribution in [-0.4, -0.2) is 30.5 Å². The number of pyridine rings is 1. The Hall–Kier alpha value is -1.09. The van der Waals surface area contributed by atoms with Crippen molar-refractivity contribution in [1.29, 1.82) is 0 Å². The van der Waals surface area contributed by atoms with Gasteiger partial charge in [0.15, 0.2) is 0 Å². The van der Waals surface area contributed by atoms with Crippen molar-refractivity contribution in [3.63, 3.8) is 0 Å². The summed E-state index contributed by atoms with van der Waals surface area (Å²) in [6.07, 6.45) is 2.88. The number of hydrogen-bond acceptors (Lipinski definition) is 3. The molecule has 0 bridgehead atoms. The van der Waals surface area contributed by atoms with Crippen LogP contribution < -0.4 is 5.73 Å². The molecule has 0 aromatic carbocycles. The van der Waals surface area contributed by atoms with Crippen LogP contribution in [0.4, 0.5) is 5.82 Å². The van der Waals surface area contributed by atoms with Crippen LogP contribution in [0.1, 0.15) is 31.7 Å². The van der Waals surface area contributed by atoms with Crippen LogP contribution in [0.15, 0.2) is 18.3 Å². The van der Waals surface area contributed by atoms with E-state index in [9.17, 15) is 0 Å². The predicted molar refractivity (Wildman–Crippen MR) is 69.4 cm³/mol. The molecule has 0 saturated carbocycles. The molecule has 0 fully saturated rings. The largest absolute Gasteiger partial charge is 0.383 e. The fourth-order valence-corrected chi connectivity index (χ4v) is 1.99. The zero-order valence-corrected chi connectivity index (χ0v) is 10.8. The van der Waals surface area contributed by atoms with E-state index in [-0.39, 0.29) is 0 Å². The van der Waals surface area contributed by atoms with Gasteiger partial charge >= 0.3 is 0 Å². The van der Waals surface area contributed by atoms with Crippen molar-refractivity contribution >= 4 is 5.82 Å². The highest BCUT2D eigenvalue weighted by Crippen LogP contribution is 2.30. The molecule has 0 amide bonds. The van der Waals surface area contributed by atoms with Crippen molar-refractivity contribution in [2.45, 2.75) is 26.2 Å². The lowest BCUT2D eigenvalue weighted by atomic mass is 9.86. The van der Waals surface area contributed by atoms with Gasteiger partial charge in [-0.2, -0.15) is 0 Å². The summed E-state index contributed by atoms with van der Waals surface area (Å²) in [7, 11) is 4.20. The fourth-order valence-electron chi connectivity index (χ4n) is 1.99. The van der Waals surface area contributed by atoms with Crippen LogP contribution in [0.25, 0.3) is 0 Å². The average Bonchev–Trinajstić information content (AvgIpc) is 2.20. The van der Waals surface area contributed by atoms with Gasteiger partial charge in [-0.05, 0) is 50.5 Å². The molecule has 1 heterocycles. The van der Waals surface area contributed by atoms with E-state index in [1.807, 2.05) is 6.07 Å². The van der Waals surface area contributed by atoms with Crippen LogP contribution >= 0.6 is 0 Å². The smallest absolute Gasteiger partial charge is 0.126 e. The molecule has 1 aromatic rings. The first kappa shape index (κ1) is 13.0. The number of nitrogens with two attached hydrogens (primary N) is 1. The highest BCUT2D eigenvalue weighted by Gasteiger charge is 2.18. The summed E-state index contributed by atoms with van der Waals surface area (Å²) < 4.78 is 0. The zero-order valence-electron chi connectivity index (χ0n) is 10.8. The Kier molecular flexibility index (Phi) is 4.74. The van der Waals surface area contributed by atoms with Gasteiger partial charge in [-0.3, -0.25) is 0 Å². The Morgan fingerprint density at radius 1 is 1.38 bits per heavy atom. The van der Waals surface area contributed by atoms with E-state index in [2.05, 4.69) is 43.9 Å². The summed E-state index contributed by atoms with van der Waals surface area (Å²) in [6.45, 7) is 5.57. The third kappa shape index (κ3) is 3.49. The molecule has 0 unspecified atom stereocenters. The van der Waals surface area contributed by atoms with Crippen molar-refractivity contribution in [3.05, 3.63) is 23.9 Å². The van der Waals surface area contributed by atoms with Crippen molar-refractivity contribution in [2.24, 2.45) is 5.92 Å². The molecule has 0 aliphatic heterocycles. The Morgan fingerprint density at radius 3 is 2.56 bits per heavy atom. The number of aromatic nitrogens is 1. The van der Waals surface area contributed by atoms with Crippen molar-refractivity contribution in [3.8, 4) is 0 Å². The lowest BCUT2D eigenvalue weighted by Gasteiger charge is -2.23. The van der Waals surface area contributed by atoms with Gasteiger partial charge in [0.25, 0.3) is 0 Å². The molecular weight excluding hydrogens is 198 g/mol. The lowest BCUT2D eigenvalue weighted by Crippen LogP contribution is -2.19. The Balaban J connectivity index is 2.82. The Bertz CT molecular complexity index is 321. The van der Waals surface area contributed by atoms with Gasteiger partial charge in [-0.25, -0.2) is 4.98 Å². The van der Waals surface area contributed by atoms with Gasteiger partial charge in [-0.1, -0.05) is 19.9 Å².